The molecule has 2 rings (SSSR count). The Morgan fingerprint density at radius 1 is 0.525 bits per heavy atom. The molecule has 14 heteroatoms. The first-order valence-electron chi connectivity index (χ1n) is 23.8. The van der Waals surface area contributed by atoms with Crippen LogP contribution in [0, 0.1) is 0 Å². The number of benzene rings is 1. The molecule has 0 bridgehead atoms. The van der Waals surface area contributed by atoms with Gasteiger partial charge in [-0.2, -0.15) is 0 Å². The topological polar surface area (TPSA) is 253 Å². The minimum Gasteiger partial charge on any atom is -0.368 e. The summed E-state index contributed by atoms with van der Waals surface area (Å²) in [5.74, 6) is -2.49. The molecule has 13 N–H and O–H groups in total. The fourth-order valence-electron chi connectivity index (χ4n) is 7.77. The van der Waals surface area contributed by atoms with E-state index >= 15 is 0 Å². The van der Waals surface area contributed by atoms with Crippen LogP contribution in [-0.2, 0) is 30.4 Å². The number of unbranched alkanes of at least 4 members (excludes halogenated alkanes) is 17. The monoisotopic (exact) mass is 854 g/mol. The van der Waals surface area contributed by atoms with Gasteiger partial charge in [0.15, 0.2) is 0 Å². The maximum Gasteiger partial charge on any atom is 0.243 e. The maximum absolute atomic E-state index is 14.1. The van der Waals surface area contributed by atoms with Crippen molar-refractivity contribution < 1.29 is 24.0 Å². The normalized spacial score (nSPS) is 13.3. The third-order valence-electron chi connectivity index (χ3n) is 11.5. The molecule has 2 aromatic rings. The predicted molar refractivity (Wildman–Crippen MR) is 247 cm³/mol. The molecule has 0 fully saturated rings. The first-order valence-corrected chi connectivity index (χ1v) is 23.8. The van der Waals surface area contributed by atoms with Crippen LogP contribution in [0.25, 0.3) is 10.9 Å². The van der Waals surface area contributed by atoms with Gasteiger partial charge in [0.05, 0.1) is 0 Å². The van der Waals surface area contributed by atoms with E-state index in [0.29, 0.717) is 77.4 Å². The molecule has 0 unspecified atom stereocenters. The van der Waals surface area contributed by atoms with E-state index in [-0.39, 0.29) is 18.7 Å². The first kappa shape index (κ1) is 53.1. The average Bonchev–Trinajstić information content (AvgIpc) is 3.66. The van der Waals surface area contributed by atoms with Gasteiger partial charge in [0.2, 0.25) is 29.5 Å². The van der Waals surface area contributed by atoms with Crippen molar-refractivity contribution in [3.8, 4) is 0 Å². The fourth-order valence-corrected chi connectivity index (χ4v) is 7.77. The molecule has 0 aliphatic heterocycles. The largest absolute Gasteiger partial charge is 0.368 e. The standard InChI is InChI=1S/C47H83N9O5/c1-2-3-4-5-6-7-8-9-10-11-12-13-14-15-16-30-43(57)53-40(28-20-23-32-49)45(59)55-41(29-21-24-33-50)46(60)56-42(34-36-35-52-38-26-18-17-25-37(36)38)47(61)54-39(44(51)58)27-19-22-31-48/h17-18,25-26,35,39-42,52H,2-16,19-24,27-34,48-50H2,1H3,(H2,51,58)(H,53,57)(H,54,61)(H,55,59)(H,56,60)/t39-,40-,41-,42-/m0/s1. The first-order chi connectivity index (χ1) is 29.6. The molecule has 0 spiro atoms. The fraction of sp³-hybridized carbons (Fsp3) is 0.723. The quantitative estimate of drug-likeness (QED) is 0.0373. The highest BCUT2D eigenvalue weighted by Gasteiger charge is 2.31. The van der Waals surface area contributed by atoms with Crippen molar-refractivity contribution in [3.05, 3.63) is 36.0 Å². The van der Waals surface area contributed by atoms with E-state index < -0.39 is 47.8 Å². The number of aromatic nitrogens is 1. The zero-order valence-electron chi connectivity index (χ0n) is 37.6. The molecule has 5 amide bonds. The average molecular weight is 854 g/mol. The molecule has 4 atom stereocenters. The van der Waals surface area contributed by atoms with Crippen LogP contribution in [0.5, 0.6) is 0 Å². The Morgan fingerprint density at radius 3 is 1.46 bits per heavy atom. The van der Waals surface area contributed by atoms with Crippen molar-refractivity contribution in [2.24, 2.45) is 22.9 Å². The lowest BCUT2D eigenvalue weighted by atomic mass is 10.0. The van der Waals surface area contributed by atoms with Gasteiger partial charge >= 0.3 is 0 Å². The Morgan fingerprint density at radius 2 is 0.951 bits per heavy atom. The minimum atomic E-state index is -1.10. The van der Waals surface area contributed by atoms with Crippen LogP contribution in [0.15, 0.2) is 30.5 Å². The second-order valence-corrected chi connectivity index (χ2v) is 16.8. The number of carbonyl (C=O) groups excluding carboxylic acids is 5. The number of carbonyl (C=O) groups is 5. The summed E-state index contributed by atoms with van der Waals surface area (Å²) in [4.78, 5) is 70.6. The molecule has 0 aliphatic rings. The summed E-state index contributed by atoms with van der Waals surface area (Å²) >= 11 is 0. The highest BCUT2D eigenvalue weighted by Crippen LogP contribution is 2.20. The Balaban J connectivity index is 2.04. The Hall–Kier alpha value is -4.01. The molecule has 14 nitrogen and oxygen atoms in total. The van der Waals surface area contributed by atoms with Crippen LogP contribution < -0.4 is 44.2 Å². The summed E-state index contributed by atoms with van der Waals surface area (Å²) in [6.07, 6.45) is 25.4. The summed E-state index contributed by atoms with van der Waals surface area (Å²) in [5, 5.41) is 12.3. The molecule has 346 valence electrons. The molecule has 0 saturated carbocycles. The Labute approximate surface area is 366 Å². The van der Waals surface area contributed by atoms with E-state index in [4.69, 9.17) is 22.9 Å². The van der Waals surface area contributed by atoms with E-state index in [1.165, 1.54) is 77.0 Å². The number of rotatable bonds is 38. The molecule has 61 heavy (non-hydrogen) atoms. The molecule has 1 heterocycles. The van der Waals surface area contributed by atoms with Gasteiger partial charge in [-0.15, -0.1) is 0 Å². The van der Waals surface area contributed by atoms with Crippen LogP contribution in [-0.4, -0.2) is 78.3 Å². The summed E-state index contributed by atoms with van der Waals surface area (Å²) in [5.41, 5.74) is 24.5. The lowest BCUT2D eigenvalue weighted by molar-refractivity contribution is -0.134. The Bertz CT molecular complexity index is 1520. The van der Waals surface area contributed by atoms with Crippen molar-refractivity contribution in [2.75, 3.05) is 19.6 Å². The number of aromatic amines is 1. The summed E-state index contributed by atoms with van der Waals surface area (Å²) in [6.45, 7) is 3.55. The molecule has 0 saturated heterocycles. The molecule has 1 aromatic heterocycles. The van der Waals surface area contributed by atoms with Gasteiger partial charge in [0.25, 0.3) is 0 Å². The van der Waals surface area contributed by atoms with Gasteiger partial charge in [0, 0.05) is 29.9 Å². The molecule has 0 radical (unpaired) electrons. The predicted octanol–water partition coefficient (Wildman–Crippen LogP) is 5.78. The molecule has 1 aromatic carbocycles. The number of fused-ring (bicyclic) bond motifs is 1. The lowest BCUT2D eigenvalue weighted by Crippen LogP contribution is -2.58. The maximum atomic E-state index is 14.1. The minimum absolute atomic E-state index is 0.108. The SMILES string of the molecule is CCCCCCCCCCCCCCCCCC(=O)N[C@@H](CCCCN)C(=O)N[C@@H](CCCCN)C(=O)N[C@@H](Cc1c[nH]c2ccccc12)C(=O)N[C@@H](CCCCN)C(N)=O. The van der Waals surface area contributed by atoms with Gasteiger partial charge in [-0.1, -0.05) is 115 Å². The van der Waals surface area contributed by atoms with E-state index in [1.54, 1.807) is 6.20 Å². The van der Waals surface area contributed by atoms with Gasteiger partial charge in [-0.05, 0) is 95.5 Å². The van der Waals surface area contributed by atoms with Crippen LogP contribution in [0.2, 0.25) is 0 Å². The van der Waals surface area contributed by atoms with Crippen molar-refractivity contribution in [1.29, 1.82) is 0 Å². The highest BCUT2D eigenvalue weighted by molar-refractivity contribution is 5.96. The highest BCUT2D eigenvalue weighted by atomic mass is 16.2. The Kier molecular flexibility index (Phi) is 29.3. The number of H-pyrrole nitrogens is 1. The third kappa shape index (κ3) is 23.1. The van der Waals surface area contributed by atoms with Gasteiger partial charge in [-0.25, -0.2) is 0 Å². The summed E-state index contributed by atoms with van der Waals surface area (Å²) in [6, 6.07) is 3.70. The lowest BCUT2D eigenvalue weighted by Gasteiger charge is -2.26. The van der Waals surface area contributed by atoms with Crippen molar-refractivity contribution >= 4 is 40.4 Å². The number of nitrogens with two attached hydrogens (primary N) is 4. The second-order valence-electron chi connectivity index (χ2n) is 16.8. The van der Waals surface area contributed by atoms with Crippen molar-refractivity contribution in [3.63, 3.8) is 0 Å². The van der Waals surface area contributed by atoms with Crippen LogP contribution in [0.1, 0.15) is 173 Å². The number of hydrogen-bond donors (Lipinski definition) is 9. The molecular formula is C47H83N9O5. The van der Waals surface area contributed by atoms with Crippen LogP contribution >= 0.6 is 0 Å². The van der Waals surface area contributed by atoms with Crippen LogP contribution in [0.4, 0.5) is 0 Å². The van der Waals surface area contributed by atoms with E-state index in [0.717, 1.165) is 35.7 Å². The number of primary amides is 1. The molecular weight excluding hydrogens is 771 g/mol. The van der Waals surface area contributed by atoms with E-state index in [9.17, 15) is 24.0 Å². The zero-order valence-corrected chi connectivity index (χ0v) is 37.6. The molecule has 0 aliphatic carbocycles. The third-order valence-corrected chi connectivity index (χ3v) is 11.5. The van der Waals surface area contributed by atoms with Gasteiger partial charge < -0.3 is 49.2 Å². The number of nitrogens with one attached hydrogen (secondary N) is 5. The zero-order chi connectivity index (χ0) is 44.5. The smallest absolute Gasteiger partial charge is 0.243 e. The summed E-state index contributed by atoms with van der Waals surface area (Å²) < 4.78 is 0. The number of hydrogen-bond acceptors (Lipinski definition) is 8. The van der Waals surface area contributed by atoms with Crippen LogP contribution in [0.3, 0.4) is 0 Å². The van der Waals surface area contributed by atoms with Crippen molar-refractivity contribution in [1.82, 2.24) is 26.3 Å². The number of para-hydroxylation sites is 1. The van der Waals surface area contributed by atoms with Gasteiger partial charge in [-0.3, -0.25) is 24.0 Å². The van der Waals surface area contributed by atoms with Gasteiger partial charge in [0.1, 0.15) is 24.2 Å². The number of amides is 5. The van der Waals surface area contributed by atoms with E-state index in [1.807, 2.05) is 24.3 Å². The summed E-state index contributed by atoms with van der Waals surface area (Å²) in [7, 11) is 0. The van der Waals surface area contributed by atoms with E-state index in [2.05, 4.69) is 33.2 Å². The van der Waals surface area contributed by atoms with Crippen molar-refractivity contribution in [2.45, 2.75) is 198 Å². The second kappa shape index (κ2) is 33.6.